The van der Waals surface area contributed by atoms with E-state index in [4.69, 9.17) is 10.5 Å². The zero-order valence-electron chi connectivity index (χ0n) is 11.1. The molecule has 9 nitrogen and oxygen atoms in total. The van der Waals surface area contributed by atoms with Crippen LogP contribution >= 0.6 is 12.4 Å². The minimum atomic E-state index is -1.62. The van der Waals surface area contributed by atoms with Crippen molar-refractivity contribution >= 4 is 18.2 Å². The first kappa shape index (κ1) is 17.8. The maximum Gasteiger partial charge on any atom is 0.349 e. The lowest BCUT2D eigenvalue weighted by atomic mass is 9.83. The van der Waals surface area contributed by atoms with Gasteiger partial charge in [0.25, 0.3) is 0 Å². The van der Waals surface area contributed by atoms with Gasteiger partial charge < -0.3 is 30.9 Å². The van der Waals surface area contributed by atoms with Gasteiger partial charge in [0, 0.05) is 13.3 Å². The van der Waals surface area contributed by atoms with Gasteiger partial charge in [-0.15, -0.1) is 12.4 Å². The number of hydrogen-bond donors (Lipinski definition) is 5. The Morgan fingerprint density at radius 1 is 1.19 bits per heavy atom. The number of aliphatic hydroxyl groups excluding tert-OH is 4. The van der Waals surface area contributed by atoms with Gasteiger partial charge in [-0.05, 0) is 6.07 Å². The monoisotopic (exact) mass is 323 g/mol. The van der Waals surface area contributed by atoms with Crippen molar-refractivity contribution in [3.05, 3.63) is 22.7 Å². The van der Waals surface area contributed by atoms with Crippen molar-refractivity contribution in [1.29, 1.82) is 0 Å². The number of methoxy groups -OCH3 is 1. The molecule has 21 heavy (non-hydrogen) atoms. The first-order valence-electron chi connectivity index (χ1n) is 5.98. The van der Waals surface area contributed by atoms with E-state index in [1.807, 2.05) is 0 Å². The van der Waals surface area contributed by atoms with Crippen molar-refractivity contribution in [1.82, 2.24) is 9.55 Å². The largest absolute Gasteiger partial charge is 0.388 e. The molecule has 1 aromatic rings. The maximum absolute atomic E-state index is 11.8. The molecule has 1 aliphatic carbocycles. The molecule has 120 valence electrons. The molecule has 2 rings (SSSR count). The number of halogens is 1. The molecule has 0 amide bonds. The number of anilines is 1. The summed E-state index contributed by atoms with van der Waals surface area (Å²) in [6.07, 6.45) is -5.99. The van der Waals surface area contributed by atoms with Crippen LogP contribution in [0.3, 0.4) is 0 Å². The third-order valence-corrected chi connectivity index (χ3v) is 3.52. The molecular weight excluding hydrogens is 306 g/mol. The molecule has 6 N–H and O–H groups in total. The standard InChI is InChI=1S/C11H17N3O6.ClH/c1-20-10-5(6(15)7(16)8(17)9(10)18)14-3-2-4(12)13-11(14)19;/h2-3,5-10,15-18H,1H3,(H2,12,13,19);1H/t5-,6-,7-,8+,9+,10+;/m1./s1. The molecule has 1 saturated carbocycles. The van der Waals surface area contributed by atoms with E-state index < -0.39 is 42.3 Å². The molecule has 0 spiro atoms. The van der Waals surface area contributed by atoms with Gasteiger partial charge in [0.05, 0.1) is 6.04 Å². The van der Waals surface area contributed by atoms with E-state index in [1.54, 1.807) is 0 Å². The Labute approximate surface area is 126 Å². The molecule has 0 saturated heterocycles. The van der Waals surface area contributed by atoms with Gasteiger partial charge >= 0.3 is 5.69 Å². The number of ether oxygens (including phenoxy) is 1. The Kier molecular flexibility index (Phi) is 5.68. The minimum Gasteiger partial charge on any atom is -0.388 e. The number of hydrogen-bond acceptors (Lipinski definition) is 8. The molecule has 6 atom stereocenters. The summed E-state index contributed by atoms with van der Waals surface area (Å²) >= 11 is 0. The first-order valence-corrected chi connectivity index (χ1v) is 5.98. The van der Waals surface area contributed by atoms with Crippen LogP contribution in [0.1, 0.15) is 6.04 Å². The minimum absolute atomic E-state index is 0. The summed E-state index contributed by atoms with van der Waals surface area (Å²) in [5, 5.41) is 39.3. The molecule has 0 unspecified atom stereocenters. The second-order valence-electron chi connectivity index (χ2n) is 4.70. The fraction of sp³-hybridized carbons (Fsp3) is 0.636. The highest BCUT2D eigenvalue weighted by Gasteiger charge is 2.50. The number of nitrogens with zero attached hydrogens (tertiary/aromatic N) is 2. The summed E-state index contributed by atoms with van der Waals surface area (Å²) in [5.41, 5.74) is 4.62. The lowest BCUT2D eigenvalue weighted by Gasteiger charge is -2.43. The van der Waals surface area contributed by atoms with Crippen LogP contribution in [-0.2, 0) is 4.74 Å². The molecule has 1 aliphatic rings. The molecule has 10 heteroatoms. The van der Waals surface area contributed by atoms with E-state index in [-0.39, 0.29) is 18.2 Å². The Hall–Kier alpha value is -1.23. The van der Waals surface area contributed by atoms with Crippen molar-refractivity contribution in [2.75, 3.05) is 12.8 Å². The molecule has 0 bridgehead atoms. The predicted octanol–water partition coefficient (Wildman–Crippen LogP) is -2.74. The van der Waals surface area contributed by atoms with Crippen LogP contribution in [0.5, 0.6) is 0 Å². The van der Waals surface area contributed by atoms with Crippen LogP contribution in [0.4, 0.5) is 5.82 Å². The summed E-state index contributed by atoms with van der Waals surface area (Å²) < 4.78 is 6.05. The zero-order chi connectivity index (χ0) is 15.0. The average molecular weight is 324 g/mol. The fourth-order valence-electron chi connectivity index (χ4n) is 2.45. The third kappa shape index (κ3) is 3.03. The smallest absolute Gasteiger partial charge is 0.349 e. The second-order valence-corrected chi connectivity index (χ2v) is 4.70. The Bertz CT molecular complexity index is 541. The maximum atomic E-state index is 11.8. The highest BCUT2D eigenvalue weighted by molar-refractivity contribution is 5.85. The number of rotatable bonds is 2. The zero-order valence-corrected chi connectivity index (χ0v) is 11.9. The normalized spacial score (nSPS) is 36.0. The Morgan fingerprint density at radius 2 is 1.76 bits per heavy atom. The van der Waals surface area contributed by atoms with Crippen molar-refractivity contribution in [3.63, 3.8) is 0 Å². The predicted molar refractivity (Wildman–Crippen MR) is 74.0 cm³/mol. The van der Waals surface area contributed by atoms with E-state index in [9.17, 15) is 25.2 Å². The molecule has 0 radical (unpaired) electrons. The van der Waals surface area contributed by atoms with Gasteiger partial charge in [0.15, 0.2) is 0 Å². The summed E-state index contributed by atoms with van der Waals surface area (Å²) in [4.78, 5) is 15.3. The van der Waals surface area contributed by atoms with E-state index in [1.165, 1.54) is 19.4 Å². The van der Waals surface area contributed by atoms with Crippen LogP contribution in [0.25, 0.3) is 0 Å². The van der Waals surface area contributed by atoms with Crippen molar-refractivity contribution in [2.24, 2.45) is 0 Å². The van der Waals surface area contributed by atoms with Gasteiger partial charge in [-0.3, -0.25) is 4.57 Å². The summed E-state index contributed by atoms with van der Waals surface area (Å²) in [6.45, 7) is 0. The lowest BCUT2D eigenvalue weighted by molar-refractivity contribution is -0.206. The second kappa shape index (κ2) is 6.69. The third-order valence-electron chi connectivity index (χ3n) is 3.52. The molecule has 1 heterocycles. The Morgan fingerprint density at radius 3 is 2.29 bits per heavy atom. The van der Waals surface area contributed by atoms with E-state index in [2.05, 4.69) is 4.98 Å². The number of aliphatic hydroxyl groups is 4. The van der Waals surface area contributed by atoms with Crippen LogP contribution in [-0.4, -0.2) is 67.6 Å². The van der Waals surface area contributed by atoms with Gasteiger partial charge in [-0.2, -0.15) is 4.98 Å². The number of nitrogens with two attached hydrogens (primary N) is 1. The van der Waals surface area contributed by atoms with E-state index >= 15 is 0 Å². The van der Waals surface area contributed by atoms with E-state index in [0.29, 0.717) is 0 Å². The van der Waals surface area contributed by atoms with Crippen LogP contribution in [0.15, 0.2) is 17.1 Å². The quantitative estimate of drug-likeness (QED) is 0.393. The van der Waals surface area contributed by atoms with Crippen molar-refractivity contribution < 1.29 is 25.2 Å². The van der Waals surface area contributed by atoms with Gasteiger partial charge in [-0.25, -0.2) is 4.79 Å². The highest BCUT2D eigenvalue weighted by Crippen LogP contribution is 2.31. The number of aromatic nitrogens is 2. The number of nitrogen functional groups attached to an aromatic ring is 1. The Balaban J connectivity index is 0.00000220. The van der Waals surface area contributed by atoms with Crippen molar-refractivity contribution in [3.8, 4) is 0 Å². The summed E-state index contributed by atoms with van der Waals surface area (Å²) in [5.74, 6) is 0.00616. The molecule has 0 aromatic carbocycles. The van der Waals surface area contributed by atoms with Gasteiger partial charge in [0.1, 0.15) is 36.3 Å². The molecule has 1 fully saturated rings. The van der Waals surface area contributed by atoms with Crippen molar-refractivity contribution in [2.45, 2.75) is 36.6 Å². The van der Waals surface area contributed by atoms with Crippen LogP contribution < -0.4 is 11.4 Å². The average Bonchev–Trinajstić information content (AvgIpc) is 2.41. The highest BCUT2D eigenvalue weighted by atomic mass is 35.5. The molecule has 1 aromatic heterocycles. The SMILES string of the molecule is CO[C@@H]1[C@@H](O)[C@@H](O)[C@H](O)[C@H](O)[C@H]1n1ccc(N)nc1=O.Cl. The summed E-state index contributed by atoms with van der Waals surface area (Å²) in [7, 11) is 1.26. The van der Waals surface area contributed by atoms with Crippen LogP contribution in [0, 0.1) is 0 Å². The van der Waals surface area contributed by atoms with Gasteiger partial charge in [-0.1, -0.05) is 0 Å². The summed E-state index contributed by atoms with van der Waals surface area (Å²) in [6, 6.07) is 0.235. The lowest BCUT2D eigenvalue weighted by Crippen LogP contribution is -2.62. The first-order chi connectivity index (χ1) is 9.38. The topological polar surface area (TPSA) is 151 Å². The van der Waals surface area contributed by atoms with E-state index in [0.717, 1.165) is 4.57 Å². The molecule has 0 aliphatic heterocycles. The fourth-order valence-corrected chi connectivity index (χ4v) is 2.45. The van der Waals surface area contributed by atoms with Gasteiger partial charge in [0.2, 0.25) is 0 Å². The molecular formula is C11H18ClN3O6. The van der Waals surface area contributed by atoms with Crippen LogP contribution in [0.2, 0.25) is 0 Å².